The molecule has 3 heterocycles. The molecule has 1 aliphatic heterocycles. The number of amides is 1. The van der Waals surface area contributed by atoms with Crippen LogP contribution in [0.3, 0.4) is 0 Å². The van der Waals surface area contributed by atoms with E-state index in [9.17, 15) is 9.59 Å². The van der Waals surface area contributed by atoms with Gasteiger partial charge in [-0.05, 0) is 37.9 Å². The number of aromatic nitrogens is 1. The summed E-state index contributed by atoms with van der Waals surface area (Å²) in [6.45, 7) is 9.55. The van der Waals surface area contributed by atoms with E-state index in [2.05, 4.69) is 18.7 Å². The van der Waals surface area contributed by atoms with E-state index in [1.807, 2.05) is 19.1 Å². The van der Waals surface area contributed by atoms with Gasteiger partial charge in [0.15, 0.2) is 0 Å². The minimum Gasteiger partial charge on any atom is -0.496 e. The summed E-state index contributed by atoms with van der Waals surface area (Å²) >= 11 is 0. The Morgan fingerprint density at radius 3 is 2.67 bits per heavy atom. The van der Waals surface area contributed by atoms with Crippen molar-refractivity contribution in [3.63, 3.8) is 0 Å². The van der Waals surface area contributed by atoms with Crippen molar-refractivity contribution in [1.29, 1.82) is 0 Å². The molecule has 0 spiro atoms. The Labute approximate surface area is 178 Å². The van der Waals surface area contributed by atoms with Crippen LogP contribution in [0.25, 0.3) is 0 Å². The Kier molecular flexibility index (Phi) is 7.02. The lowest BCUT2D eigenvalue weighted by Crippen LogP contribution is -2.34. The molecule has 1 unspecified atom stereocenters. The Morgan fingerprint density at radius 1 is 1.27 bits per heavy atom. The molecule has 7 heteroatoms. The number of furan rings is 1. The fraction of sp³-hybridized carbons (Fsp3) is 0.565. The highest BCUT2D eigenvalue weighted by Crippen LogP contribution is 2.28. The second-order valence-corrected chi connectivity index (χ2v) is 8.41. The summed E-state index contributed by atoms with van der Waals surface area (Å²) in [4.78, 5) is 30.3. The largest absolute Gasteiger partial charge is 0.496 e. The van der Waals surface area contributed by atoms with E-state index in [0.29, 0.717) is 36.0 Å². The number of methoxy groups -OCH3 is 1. The Bertz CT molecular complexity index is 917. The maximum Gasteiger partial charge on any atom is 0.259 e. The van der Waals surface area contributed by atoms with Gasteiger partial charge >= 0.3 is 0 Å². The number of pyridine rings is 1. The van der Waals surface area contributed by atoms with Gasteiger partial charge in [-0.25, -0.2) is 0 Å². The summed E-state index contributed by atoms with van der Waals surface area (Å²) in [6, 6.07) is 4.86. The van der Waals surface area contributed by atoms with E-state index in [-0.39, 0.29) is 17.5 Å². The zero-order valence-corrected chi connectivity index (χ0v) is 18.7. The molecule has 0 saturated carbocycles. The molecular formula is C23H33N3O4. The van der Waals surface area contributed by atoms with E-state index >= 15 is 0 Å². The molecule has 3 rings (SSSR count). The van der Waals surface area contributed by atoms with Crippen LogP contribution < -0.4 is 10.3 Å². The second kappa shape index (κ2) is 9.51. The van der Waals surface area contributed by atoms with Crippen molar-refractivity contribution >= 4 is 5.91 Å². The van der Waals surface area contributed by atoms with Crippen LogP contribution >= 0.6 is 0 Å². The van der Waals surface area contributed by atoms with Gasteiger partial charge in [-0.3, -0.25) is 9.59 Å². The molecule has 0 N–H and O–H groups in total. The van der Waals surface area contributed by atoms with Crippen LogP contribution in [-0.4, -0.2) is 54.1 Å². The Morgan fingerprint density at radius 2 is 2.03 bits per heavy atom. The summed E-state index contributed by atoms with van der Waals surface area (Å²) in [5.74, 6) is 1.51. The minimum atomic E-state index is -0.238. The molecule has 2 aromatic heterocycles. The number of carbonyl (C=O) groups excluding carboxylic acids is 1. The maximum absolute atomic E-state index is 13.5. The number of nitrogens with zero attached hydrogens (tertiary/aromatic N) is 3. The highest BCUT2D eigenvalue weighted by Gasteiger charge is 2.29. The lowest BCUT2D eigenvalue weighted by Gasteiger charge is -2.26. The molecule has 0 aliphatic carbocycles. The number of rotatable bonds is 7. The molecule has 0 aromatic carbocycles. The molecule has 164 valence electrons. The topological polar surface area (TPSA) is 67.9 Å². The summed E-state index contributed by atoms with van der Waals surface area (Å²) in [6.07, 6.45) is 3.35. The predicted octanol–water partition coefficient (Wildman–Crippen LogP) is 3.19. The zero-order chi connectivity index (χ0) is 21.8. The molecule has 0 radical (unpaired) electrons. The van der Waals surface area contributed by atoms with Crippen molar-refractivity contribution in [3.05, 3.63) is 51.8 Å². The fourth-order valence-electron chi connectivity index (χ4n) is 3.92. The maximum atomic E-state index is 13.5. The third kappa shape index (κ3) is 4.61. The third-order valence-corrected chi connectivity index (χ3v) is 6.00. The molecule has 0 fully saturated rings. The average molecular weight is 416 g/mol. The van der Waals surface area contributed by atoms with Crippen molar-refractivity contribution in [2.75, 3.05) is 33.8 Å². The van der Waals surface area contributed by atoms with E-state index in [1.54, 1.807) is 22.8 Å². The van der Waals surface area contributed by atoms with Crippen LogP contribution in [0.1, 0.15) is 55.0 Å². The normalized spacial score (nSPS) is 15.5. The number of hydrogen-bond donors (Lipinski definition) is 0. The first kappa shape index (κ1) is 22.2. The van der Waals surface area contributed by atoms with E-state index < -0.39 is 0 Å². The van der Waals surface area contributed by atoms with E-state index in [1.165, 1.54) is 13.2 Å². The quantitative estimate of drug-likeness (QED) is 0.695. The molecule has 1 amide bonds. The predicted molar refractivity (Wildman–Crippen MR) is 116 cm³/mol. The summed E-state index contributed by atoms with van der Waals surface area (Å²) in [7, 11) is 3.26. The monoisotopic (exact) mass is 415 g/mol. The van der Waals surface area contributed by atoms with Crippen LogP contribution in [0, 0.1) is 5.92 Å². The second-order valence-electron chi connectivity index (χ2n) is 8.41. The molecule has 7 nitrogen and oxygen atoms in total. The van der Waals surface area contributed by atoms with Gasteiger partial charge in [-0.1, -0.05) is 13.8 Å². The molecule has 1 atom stereocenters. The van der Waals surface area contributed by atoms with Gasteiger partial charge in [-0.15, -0.1) is 0 Å². The number of hydrogen-bond acceptors (Lipinski definition) is 5. The molecular weight excluding hydrogens is 382 g/mol. The Hall–Kier alpha value is -2.54. The first-order valence-electron chi connectivity index (χ1n) is 10.7. The van der Waals surface area contributed by atoms with Gasteiger partial charge in [-0.2, -0.15) is 0 Å². The van der Waals surface area contributed by atoms with Crippen LogP contribution in [0.4, 0.5) is 0 Å². The van der Waals surface area contributed by atoms with Crippen LogP contribution in [0.2, 0.25) is 0 Å². The minimum absolute atomic E-state index is 0.120. The first-order chi connectivity index (χ1) is 14.3. The summed E-state index contributed by atoms with van der Waals surface area (Å²) in [5.41, 5.74) is 1.12. The van der Waals surface area contributed by atoms with Crippen LogP contribution in [0.15, 0.2) is 33.7 Å². The molecule has 1 aliphatic rings. The standard InChI is InChI=1S/C23H33N3O4/c1-16(2)8-10-25-11-9-18-22(20(29-5)15-21(27)26(18)13-12-25)23(28)24(4)17(3)19-7-6-14-30-19/h6-7,14-17H,8-13H2,1-5H3. The highest BCUT2D eigenvalue weighted by molar-refractivity contribution is 5.98. The number of ether oxygens (including phenoxy) is 1. The molecule has 30 heavy (non-hydrogen) atoms. The van der Waals surface area contributed by atoms with Gasteiger partial charge in [0.05, 0.1) is 19.4 Å². The van der Waals surface area contributed by atoms with Gasteiger partial charge in [0.2, 0.25) is 0 Å². The van der Waals surface area contributed by atoms with Crippen LogP contribution in [0.5, 0.6) is 5.75 Å². The molecule has 0 bridgehead atoms. The SMILES string of the molecule is COc1cc(=O)n2c(c1C(=O)N(C)C(C)c1ccco1)CCN(CCC(C)C)CC2. The lowest BCUT2D eigenvalue weighted by atomic mass is 10.1. The van der Waals surface area contributed by atoms with E-state index in [4.69, 9.17) is 9.15 Å². The van der Waals surface area contributed by atoms with Crippen molar-refractivity contribution in [3.8, 4) is 5.75 Å². The molecule has 2 aromatic rings. The summed E-state index contributed by atoms with van der Waals surface area (Å²) in [5, 5.41) is 0. The molecule has 0 saturated heterocycles. The van der Waals surface area contributed by atoms with Gasteiger partial charge in [0, 0.05) is 44.9 Å². The van der Waals surface area contributed by atoms with Crippen LogP contribution in [-0.2, 0) is 13.0 Å². The van der Waals surface area contributed by atoms with Crippen molar-refractivity contribution in [1.82, 2.24) is 14.4 Å². The van der Waals surface area contributed by atoms with Gasteiger partial charge in [0.1, 0.15) is 17.1 Å². The Balaban J connectivity index is 1.94. The van der Waals surface area contributed by atoms with Crippen molar-refractivity contribution in [2.24, 2.45) is 5.92 Å². The zero-order valence-electron chi connectivity index (χ0n) is 18.7. The summed E-state index contributed by atoms with van der Waals surface area (Å²) < 4.78 is 12.7. The first-order valence-corrected chi connectivity index (χ1v) is 10.7. The van der Waals surface area contributed by atoms with Gasteiger partial charge in [0.25, 0.3) is 11.5 Å². The number of carbonyl (C=O) groups is 1. The smallest absolute Gasteiger partial charge is 0.259 e. The van der Waals surface area contributed by atoms with Crippen molar-refractivity contribution in [2.45, 2.75) is 46.2 Å². The van der Waals surface area contributed by atoms with Crippen molar-refractivity contribution < 1.29 is 13.9 Å². The average Bonchev–Trinajstić information content (AvgIpc) is 3.18. The highest BCUT2D eigenvalue weighted by atomic mass is 16.5. The lowest BCUT2D eigenvalue weighted by molar-refractivity contribution is 0.0720. The third-order valence-electron chi connectivity index (χ3n) is 6.00. The number of fused-ring (bicyclic) bond motifs is 1. The van der Waals surface area contributed by atoms with Gasteiger partial charge < -0.3 is 23.5 Å². The fourth-order valence-corrected chi connectivity index (χ4v) is 3.92. The van der Waals surface area contributed by atoms with E-state index in [0.717, 1.165) is 31.7 Å².